The lowest BCUT2D eigenvalue weighted by molar-refractivity contribution is 0.395. The maximum absolute atomic E-state index is 14.0. The minimum absolute atomic E-state index is 0.117. The van der Waals surface area contributed by atoms with Gasteiger partial charge in [-0.05, 0) is 18.1 Å². The SMILES string of the molecule is CCC(C)C(CNC(C)C)c1c(F)cccc1Cl. The van der Waals surface area contributed by atoms with Crippen LogP contribution in [0.15, 0.2) is 18.2 Å². The van der Waals surface area contributed by atoms with E-state index in [0.29, 0.717) is 22.5 Å². The van der Waals surface area contributed by atoms with E-state index in [9.17, 15) is 4.39 Å². The van der Waals surface area contributed by atoms with Crippen molar-refractivity contribution in [3.05, 3.63) is 34.6 Å². The number of nitrogens with one attached hydrogen (secondary N) is 1. The monoisotopic (exact) mass is 271 g/mol. The standard InChI is InChI=1S/C15H23ClFN/c1-5-11(4)12(9-18-10(2)3)15-13(16)7-6-8-14(15)17/h6-8,10-12,18H,5,9H2,1-4H3. The third-order valence-corrected chi connectivity index (χ3v) is 3.78. The van der Waals surface area contributed by atoms with Crippen molar-refractivity contribution < 1.29 is 4.39 Å². The molecule has 0 amide bonds. The van der Waals surface area contributed by atoms with Gasteiger partial charge in [0.25, 0.3) is 0 Å². The van der Waals surface area contributed by atoms with Gasteiger partial charge in [-0.15, -0.1) is 0 Å². The summed E-state index contributed by atoms with van der Waals surface area (Å²) < 4.78 is 14.0. The van der Waals surface area contributed by atoms with Gasteiger partial charge in [-0.1, -0.05) is 51.8 Å². The molecule has 0 saturated carbocycles. The van der Waals surface area contributed by atoms with Gasteiger partial charge in [0.15, 0.2) is 0 Å². The zero-order valence-corrected chi connectivity index (χ0v) is 12.4. The minimum Gasteiger partial charge on any atom is -0.314 e. The molecule has 0 aliphatic carbocycles. The molecule has 0 spiro atoms. The average Bonchev–Trinajstić information content (AvgIpc) is 2.31. The normalized spacial score (nSPS) is 14.8. The Balaban J connectivity index is 3.01. The van der Waals surface area contributed by atoms with Crippen molar-refractivity contribution in [2.45, 2.75) is 46.1 Å². The van der Waals surface area contributed by atoms with E-state index < -0.39 is 0 Å². The molecule has 0 fully saturated rings. The summed E-state index contributed by atoms with van der Waals surface area (Å²) in [7, 11) is 0. The van der Waals surface area contributed by atoms with Crippen molar-refractivity contribution in [1.82, 2.24) is 5.32 Å². The second kappa shape index (κ2) is 7.10. The van der Waals surface area contributed by atoms with Crippen LogP contribution in [0.4, 0.5) is 4.39 Å². The van der Waals surface area contributed by atoms with Crippen LogP contribution in [0.5, 0.6) is 0 Å². The molecule has 0 aromatic heterocycles. The second-order valence-corrected chi connectivity index (χ2v) is 5.60. The van der Waals surface area contributed by atoms with Crippen LogP contribution in [0.3, 0.4) is 0 Å². The van der Waals surface area contributed by atoms with Crippen LogP contribution in [-0.4, -0.2) is 12.6 Å². The van der Waals surface area contributed by atoms with Crippen molar-refractivity contribution in [2.75, 3.05) is 6.54 Å². The van der Waals surface area contributed by atoms with E-state index in [2.05, 4.69) is 33.0 Å². The highest BCUT2D eigenvalue weighted by molar-refractivity contribution is 6.31. The molecule has 0 bridgehead atoms. The van der Waals surface area contributed by atoms with Gasteiger partial charge in [0, 0.05) is 29.1 Å². The predicted octanol–water partition coefficient (Wildman–Crippen LogP) is 4.61. The Kier molecular flexibility index (Phi) is 6.10. The topological polar surface area (TPSA) is 12.0 Å². The first-order valence-electron chi connectivity index (χ1n) is 6.64. The molecule has 1 nitrogen and oxygen atoms in total. The summed E-state index contributed by atoms with van der Waals surface area (Å²) in [4.78, 5) is 0. The lowest BCUT2D eigenvalue weighted by Gasteiger charge is -2.26. The van der Waals surface area contributed by atoms with Gasteiger partial charge in [0.05, 0.1) is 0 Å². The highest BCUT2D eigenvalue weighted by atomic mass is 35.5. The Morgan fingerprint density at radius 1 is 1.28 bits per heavy atom. The van der Waals surface area contributed by atoms with Gasteiger partial charge in [-0.25, -0.2) is 4.39 Å². The molecule has 102 valence electrons. The molecule has 0 heterocycles. The molecule has 0 radical (unpaired) electrons. The lowest BCUT2D eigenvalue weighted by atomic mass is 9.85. The van der Waals surface area contributed by atoms with Gasteiger partial charge in [0.1, 0.15) is 5.82 Å². The third-order valence-electron chi connectivity index (χ3n) is 3.45. The average molecular weight is 272 g/mol. The van der Waals surface area contributed by atoms with Crippen molar-refractivity contribution in [3.8, 4) is 0 Å². The fraction of sp³-hybridized carbons (Fsp3) is 0.600. The first-order valence-corrected chi connectivity index (χ1v) is 7.02. The van der Waals surface area contributed by atoms with Gasteiger partial charge in [-0.3, -0.25) is 0 Å². The van der Waals surface area contributed by atoms with Crippen LogP contribution in [0.1, 0.15) is 45.6 Å². The van der Waals surface area contributed by atoms with Crippen LogP contribution in [0.25, 0.3) is 0 Å². The molecule has 0 aliphatic heterocycles. The Labute approximate surface area is 115 Å². The van der Waals surface area contributed by atoms with Crippen molar-refractivity contribution in [3.63, 3.8) is 0 Å². The molecule has 0 saturated heterocycles. The molecule has 2 atom stereocenters. The molecular weight excluding hydrogens is 249 g/mol. The third kappa shape index (κ3) is 3.96. The Morgan fingerprint density at radius 2 is 1.94 bits per heavy atom. The highest BCUT2D eigenvalue weighted by Crippen LogP contribution is 2.33. The minimum atomic E-state index is -0.196. The summed E-state index contributed by atoms with van der Waals surface area (Å²) in [5, 5.41) is 3.92. The molecule has 1 aromatic carbocycles. The zero-order valence-electron chi connectivity index (χ0n) is 11.6. The van der Waals surface area contributed by atoms with Crippen molar-refractivity contribution in [1.29, 1.82) is 0 Å². The summed E-state index contributed by atoms with van der Waals surface area (Å²) in [5.41, 5.74) is 0.654. The molecule has 3 heteroatoms. The van der Waals surface area contributed by atoms with E-state index in [1.807, 2.05) is 0 Å². The van der Waals surface area contributed by atoms with Crippen LogP contribution in [0.2, 0.25) is 5.02 Å². The summed E-state index contributed by atoms with van der Waals surface area (Å²) in [5.74, 6) is 0.315. The van der Waals surface area contributed by atoms with E-state index in [1.54, 1.807) is 12.1 Å². The molecule has 0 aliphatic rings. The molecule has 1 rings (SSSR count). The van der Waals surface area contributed by atoms with E-state index in [4.69, 9.17) is 11.6 Å². The summed E-state index contributed by atoms with van der Waals surface area (Å²) in [6, 6.07) is 5.31. The van der Waals surface area contributed by atoms with E-state index in [-0.39, 0.29) is 11.7 Å². The highest BCUT2D eigenvalue weighted by Gasteiger charge is 2.23. The Bertz CT molecular complexity index is 359. The van der Waals surface area contributed by atoms with Crippen LogP contribution in [-0.2, 0) is 0 Å². The quantitative estimate of drug-likeness (QED) is 0.797. The maximum atomic E-state index is 14.0. The number of benzene rings is 1. The summed E-state index contributed by atoms with van der Waals surface area (Å²) in [6.07, 6.45) is 1.01. The summed E-state index contributed by atoms with van der Waals surface area (Å²) >= 11 is 6.17. The smallest absolute Gasteiger partial charge is 0.128 e. The van der Waals surface area contributed by atoms with Gasteiger partial charge in [0.2, 0.25) is 0 Å². The van der Waals surface area contributed by atoms with E-state index >= 15 is 0 Å². The lowest BCUT2D eigenvalue weighted by Crippen LogP contribution is -2.31. The molecule has 1 aromatic rings. The van der Waals surface area contributed by atoms with Crippen LogP contribution < -0.4 is 5.32 Å². The van der Waals surface area contributed by atoms with E-state index in [1.165, 1.54) is 6.07 Å². The van der Waals surface area contributed by atoms with Gasteiger partial charge in [-0.2, -0.15) is 0 Å². The van der Waals surface area contributed by atoms with Crippen LogP contribution >= 0.6 is 11.6 Å². The molecule has 18 heavy (non-hydrogen) atoms. The first-order chi connectivity index (χ1) is 8.47. The molecular formula is C15H23ClFN. The van der Waals surface area contributed by atoms with Crippen molar-refractivity contribution in [2.24, 2.45) is 5.92 Å². The fourth-order valence-electron chi connectivity index (χ4n) is 2.10. The second-order valence-electron chi connectivity index (χ2n) is 5.19. The Hall–Kier alpha value is -0.600. The zero-order chi connectivity index (χ0) is 13.7. The fourth-order valence-corrected chi connectivity index (χ4v) is 2.40. The first kappa shape index (κ1) is 15.5. The largest absolute Gasteiger partial charge is 0.314 e. The number of halogens is 2. The molecule has 2 unspecified atom stereocenters. The van der Waals surface area contributed by atoms with E-state index in [0.717, 1.165) is 13.0 Å². The van der Waals surface area contributed by atoms with Gasteiger partial charge < -0.3 is 5.32 Å². The number of hydrogen-bond acceptors (Lipinski definition) is 1. The summed E-state index contributed by atoms with van der Waals surface area (Å²) in [6.45, 7) is 9.22. The predicted molar refractivity (Wildman–Crippen MR) is 76.7 cm³/mol. The maximum Gasteiger partial charge on any atom is 0.128 e. The van der Waals surface area contributed by atoms with Crippen LogP contribution in [0, 0.1) is 11.7 Å². The number of rotatable bonds is 6. The van der Waals surface area contributed by atoms with Gasteiger partial charge >= 0.3 is 0 Å². The van der Waals surface area contributed by atoms with Crippen molar-refractivity contribution >= 4 is 11.6 Å². The molecule has 1 N–H and O–H groups in total. The number of hydrogen-bond donors (Lipinski definition) is 1. The Morgan fingerprint density at radius 3 is 2.44 bits per heavy atom.